The molecule has 0 amide bonds. The second-order valence-corrected chi connectivity index (χ2v) is 19.7. The highest BCUT2D eigenvalue weighted by molar-refractivity contribution is 5.71. The molecule has 0 aliphatic rings. The van der Waals surface area contributed by atoms with Crippen molar-refractivity contribution in [3.8, 4) is 0 Å². The van der Waals surface area contributed by atoms with Crippen LogP contribution in [0.15, 0.2) is 0 Å². The molecule has 0 unspecified atom stereocenters. The lowest BCUT2D eigenvalue weighted by Gasteiger charge is -2.18. The molecule has 0 N–H and O–H groups in total. The number of hydrogen-bond acceptors (Lipinski definition) is 6. The summed E-state index contributed by atoms with van der Waals surface area (Å²) in [6.07, 6.45) is 53.8. The number of carbonyl (C=O) groups excluding carboxylic acids is 3. The van der Waals surface area contributed by atoms with Crippen molar-refractivity contribution in [2.45, 2.75) is 323 Å². The van der Waals surface area contributed by atoms with Crippen LogP contribution >= 0.6 is 0 Å². The maximum absolute atomic E-state index is 12.8. The lowest BCUT2D eigenvalue weighted by molar-refractivity contribution is -0.167. The fourth-order valence-electron chi connectivity index (χ4n) is 8.57. The second-order valence-electron chi connectivity index (χ2n) is 19.7. The van der Waals surface area contributed by atoms with Crippen LogP contribution in [-0.2, 0) is 28.6 Å². The summed E-state index contributed by atoms with van der Waals surface area (Å²) in [5.74, 6) is -0.0344. The van der Waals surface area contributed by atoms with Gasteiger partial charge in [-0.25, -0.2) is 0 Å². The van der Waals surface area contributed by atoms with Gasteiger partial charge in [0.05, 0.1) is 0 Å². The average molecular weight is 877 g/mol. The molecule has 0 spiro atoms. The molecule has 0 aliphatic carbocycles. The Morgan fingerprint density at radius 2 is 0.532 bits per heavy atom. The van der Waals surface area contributed by atoms with Crippen LogP contribution in [-0.4, -0.2) is 37.2 Å². The van der Waals surface area contributed by atoms with Gasteiger partial charge >= 0.3 is 17.9 Å². The number of carbonyl (C=O) groups is 3. The smallest absolute Gasteiger partial charge is 0.306 e. The molecule has 0 aromatic heterocycles. The molecule has 0 radical (unpaired) electrons. The summed E-state index contributed by atoms with van der Waals surface area (Å²) in [6.45, 7) is 9.02. The molecule has 0 rings (SSSR count). The number of hydrogen-bond donors (Lipinski definition) is 0. The average Bonchev–Trinajstić information content (AvgIpc) is 3.26. The van der Waals surface area contributed by atoms with E-state index in [-0.39, 0.29) is 31.1 Å². The first-order valence-electron chi connectivity index (χ1n) is 27.9. The summed E-state index contributed by atoms with van der Waals surface area (Å²) in [6, 6.07) is 0. The van der Waals surface area contributed by atoms with Crippen molar-refractivity contribution in [3.05, 3.63) is 0 Å². The first-order chi connectivity index (χ1) is 30.4. The number of rotatable bonds is 51. The number of unbranched alkanes of at least 4 members (excludes halogenated alkanes) is 38. The Morgan fingerprint density at radius 1 is 0.306 bits per heavy atom. The lowest BCUT2D eigenvalue weighted by atomic mass is 10.0. The molecule has 0 saturated heterocycles. The normalized spacial score (nSPS) is 12.0. The largest absolute Gasteiger partial charge is 0.462 e. The minimum atomic E-state index is -0.761. The zero-order chi connectivity index (χ0) is 45.2. The topological polar surface area (TPSA) is 78.9 Å². The van der Waals surface area contributed by atoms with Gasteiger partial charge < -0.3 is 14.2 Å². The quantitative estimate of drug-likeness (QED) is 0.0344. The van der Waals surface area contributed by atoms with E-state index in [2.05, 4.69) is 27.7 Å². The standard InChI is InChI=1S/C56H108O6/c1-5-7-9-11-13-15-17-19-21-22-23-24-26-28-32-36-40-44-48-55(58)61-51-53(62-56(59)49-45-41-37-33-29-30-34-38-42-46-52(3)4)50-60-54(57)47-43-39-35-31-27-25-20-18-16-14-12-10-8-6-2/h52-53H,5-51H2,1-4H3/t53-/m0/s1. The van der Waals surface area contributed by atoms with Crippen molar-refractivity contribution in [2.24, 2.45) is 5.92 Å². The van der Waals surface area contributed by atoms with Gasteiger partial charge in [-0.15, -0.1) is 0 Å². The molecule has 1 atom stereocenters. The summed E-state index contributed by atoms with van der Waals surface area (Å²) >= 11 is 0. The first-order valence-corrected chi connectivity index (χ1v) is 27.9. The molecule has 6 heteroatoms. The second kappa shape index (κ2) is 50.4. The van der Waals surface area contributed by atoms with Gasteiger partial charge in [0.2, 0.25) is 0 Å². The van der Waals surface area contributed by atoms with Crippen LogP contribution < -0.4 is 0 Å². The van der Waals surface area contributed by atoms with Crippen LogP contribution in [0.3, 0.4) is 0 Å². The Kier molecular flexibility index (Phi) is 49.1. The molecule has 0 fully saturated rings. The van der Waals surface area contributed by atoms with Crippen molar-refractivity contribution in [1.82, 2.24) is 0 Å². The summed E-state index contributed by atoms with van der Waals surface area (Å²) in [5, 5.41) is 0. The predicted octanol–water partition coefficient (Wildman–Crippen LogP) is 18.2. The van der Waals surface area contributed by atoms with Gasteiger partial charge in [0.25, 0.3) is 0 Å². The maximum Gasteiger partial charge on any atom is 0.306 e. The molecular formula is C56H108O6. The van der Waals surface area contributed by atoms with E-state index >= 15 is 0 Å². The zero-order valence-electron chi connectivity index (χ0n) is 42.3. The van der Waals surface area contributed by atoms with E-state index in [1.165, 1.54) is 212 Å². The molecule has 0 aromatic rings. The highest BCUT2D eigenvalue weighted by Crippen LogP contribution is 2.18. The van der Waals surface area contributed by atoms with Crippen molar-refractivity contribution < 1.29 is 28.6 Å². The van der Waals surface area contributed by atoms with E-state index < -0.39 is 6.10 Å². The van der Waals surface area contributed by atoms with Crippen molar-refractivity contribution in [1.29, 1.82) is 0 Å². The van der Waals surface area contributed by atoms with Crippen LogP contribution in [0.5, 0.6) is 0 Å². The van der Waals surface area contributed by atoms with Gasteiger partial charge in [-0.2, -0.15) is 0 Å². The third kappa shape index (κ3) is 49.4. The van der Waals surface area contributed by atoms with Crippen molar-refractivity contribution in [3.63, 3.8) is 0 Å². The molecular weight excluding hydrogens is 769 g/mol. The number of ether oxygens (including phenoxy) is 3. The fraction of sp³-hybridized carbons (Fsp3) is 0.946. The van der Waals surface area contributed by atoms with Gasteiger partial charge in [0.15, 0.2) is 6.10 Å². The monoisotopic (exact) mass is 877 g/mol. The van der Waals surface area contributed by atoms with E-state index in [1.807, 2.05) is 0 Å². The molecule has 62 heavy (non-hydrogen) atoms. The molecule has 0 heterocycles. The number of esters is 3. The highest BCUT2D eigenvalue weighted by atomic mass is 16.6. The van der Waals surface area contributed by atoms with Crippen LogP contribution in [0, 0.1) is 5.92 Å². The molecule has 6 nitrogen and oxygen atoms in total. The zero-order valence-corrected chi connectivity index (χ0v) is 42.3. The van der Waals surface area contributed by atoms with Gasteiger partial charge in [0, 0.05) is 19.3 Å². The van der Waals surface area contributed by atoms with Crippen molar-refractivity contribution >= 4 is 17.9 Å². The summed E-state index contributed by atoms with van der Waals surface area (Å²) in [4.78, 5) is 38.0. The highest BCUT2D eigenvalue weighted by Gasteiger charge is 2.19. The van der Waals surface area contributed by atoms with Crippen LogP contribution in [0.4, 0.5) is 0 Å². The minimum absolute atomic E-state index is 0.0626. The van der Waals surface area contributed by atoms with Gasteiger partial charge in [0.1, 0.15) is 13.2 Å². The SMILES string of the molecule is CCCCCCCCCCCCCCCCCCCCC(=O)OC[C@H](COC(=O)CCCCCCCCCCCCCCCC)OC(=O)CCCCCCCCCCCC(C)C. The Labute approximate surface area is 387 Å². The van der Waals surface area contributed by atoms with Gasteiger partial charge in [-0.1, -0.05) is 278 Å². The van der Waals surface area contributed by atoms with E-state index in [4.69, 9.17) is 14.2 Å². The third-order valence-corrected chi connectivity index (χ3v) is 12.8. The van der Waals surface area contributed by atoms with E-state index in [0.29, 0.717) is 19.3 Å². The van der Waals surface area contributed by atoms with Crippen LogP contribution in [0.25, 0.3) is 0 Å². The van der Waals surface area contributed by atoms with Gasteiger partial charge in [-0.05, 0) is 25.2 Å². The Morgan fingerprint density at radius 3 is 0.790 bits per heavy atom. The molecule has 0 bridgehead atoms. The van der Waals surface area contributed by atoms with Crippen LogP contribution in [0.1, 0.15) is 317 Å². The minimum Gasteiger partial charge on any atom is -0.462 e. The summed E-state index contributed by atoms with van der Waals surface area (Å²) in [5.41, 5.74) is 0. The predicted molar refractivity (Wildman–Crippen MR) is 266 cm³/mol. The van der Waals surface area contributed by atoms with Crippen LogP contribution in [0.2, 0.25) is 0 Å². The van der Waals surface area contributed by atoms with E-state index in [1.54, 1.807) is 0 Å². The summed E-state index contributed by atoms with van der Waals surface area (Å²) in [7, 11) is 0. The lowest BCUT2D eigenvalue weighted by Crippen LogP contribution is -2.30. The molecule has 0 saturated carbocycles. The molecule has 0 aliphatic heterocycles. The Hall–Kier alpha value is -1.59. The fourth-order valence-corrected chi connectivity index (χ4v) is 8.57. The van der Waals surface area contributed by atoms with Gasteiger partial charge in [-0.3, -0.25) is 14.4 Å². The van der Waals surface area contributed by atoms with E-state index in [9.17, 15) is 14.4 Å². The first kappa shape index (κ1) is 60.4. The Balaban J connectivity index is 4.26. The van der Waals surface area contributed by atoms with Crippen molar-refractivity contribution in [2.75, 3.05) is 13.2 Å². The Bertz CT molecular complexity index is 933. The maximum atomic E-state index is 12.8. The molecule has 368 valence electrons. The molecule has 0 aromatic carbocycles. The third-order valence-electron chi connectivity index (χ3n) is 12.8. The van der Waals surface area contributed by atoms with E-state index in [0.717, 1.165) is 63.7 Å². The summed E-state index contributed by atoms with van der Waals surface area (Å²) < 4.78 is 16.9.